The highest BCUT2D eigenvalue weighted by molar-refractivity contribution is 5.81. The van der Waals surface area contributed by atoms with Crippen molar-refractivity contribution in [2.45, 2.75) is 58.8 Å². The first-order chi connectivity index (χ1) is 12.2. The van der Waals surface area contributed by atoms with Gasteiger partial charge in [-0.15, -0.1) is 0 Å². The maximum Gasteiger partial charge on any atom is 0.261 e. The van der Waals surface area contributed by atoms with E-state index in [9.17, 15) is 4.79 Å². The monoisotopic (exact) mass is 353 g/mol. The molecule has 1 aliphatic rings. The molecule has 0 saturated heterocycles. The largest absolute Gasteiger partial charge is 0.487 e. The molecule has 2 atom stereocenters. The van der Waals surface area contributed by atoms with Gasteiger partial charge in [0.25, 0.3) is 5.91 Å². The highest BCUT2D eigenvalue weighted by Crippen LogP contribution is 2.39. The van der Waals surface area contributed by atoms with Crippen LogP contribution in [0.1, 0.15) is 49.9 Å². The van der Waals surface area contributed by atoms with Crippen molar-refractivity contribution in [1.82, 2.24) is 5.32 Å². The highest BCUT2D eigenvalue weighted by atomic mass is 16.5. The van der Waals surface area contributed by atoms with E-state index in [4.69, 9.17) is 9.47 Å². The molecule has 0 fully saturated rings. The van der Waals surface area contributed by atoms with E-state index in [0.717, 1.165) is 28.2 Å². The molecule has 0 bridgehead atoms. The zero-order valence-electron chi connectivity index (χ0n) is 16.1. The molecule has 1 amide bonds. The molecule has 1 heterocycles. The third kappa shape index (κ3) is 4.01. The average Bonchev–Trinajstić information content (AvgIpc) is 2.57. The first-order valence-corrected chi connectivity index (χ1v) is 9.07. The quantitative estimate of drug-likeness (QED) is 0.881. The Bertz CT molecular complexity index is 813. The highest BCUT2D eigenvalue weighted by Gasteiger charge is 2.35. The van der Waals surface area contributed by atoms with Gasteiger partial charge in [-0.2, -0.15) is 0 Å². The third-order valence-electron chi connectivity index (χ3n) is 4.71. The predicted molar refractivity (Wildman–Crippen MR) is 103 cm³/mol. The van der Waals surface area contributed by atoms with Gasteiger partial charge in [0.05, 0.1) is 6.04 Å². The third-order valence-corrected chi connectivity index (χ3v) is 4.71. The number of carbonyl (C=O) groups is 1. The van der Waals surface area contributed by atoms with Crippen LogP contribution in [0.5, 0.6) is 11.5 Å². The molecule has 4 nitrogen and oxygen atoms in total. The van der Waals surface area contributed by atoms with Gasteiger partial charge in [0.15, 0.2) is 6.10 Å². The van der Waals surface area contributed by atoms with E-state index in [1.807, 2.05) is 64.1 Å². The Kier molecular flexibility index (Phi) is 4.94. The van der Waals surface area contributed by atoms with Crippen LogP contribution in [0.2, 0.25) is 0 Å². The summed E-state index contributed by atoms with van der Waals surface area (Å²) in [5.41, 5.74) is 2.86. The molecule has 0 spiro atoms. The van der Waals surface area contributed by atoms with Gasteiger partial charge >= 0.3 is 0 Å². The lowest BCUT2D eigenvalue weighted by atomic mass is 9.89. The number of amides is 1. The van der Waals surface area contributed by atoms with Crippen LogP contribution in [0, 0.1) is 13.8 Å². The Morgan fingerprint density at radius 2 is 1.96 bits per heavy atom. The van der Waals surface area contributed by atoms with Crippen LogP contribution in [0.15, 0.2) is 42.5 Å². The molecule has 0 saturated carbocycles. The second-order valence-corrected chi connectivity index (χ2v) is 7.69. The van der Waals surface area contributed by atoms with Crippen molar-refractivity contribution in [2.75, 3.05) is 0 Å². The van der Waals surface area contributed by atoms with E-state index in [0.29, 0.717) is 6.42 Å². The van der Waals surface area contributed by atoms with Gasteiger partial charge in [0, 0.05) is 12.0 Å². The van der Waals surface area contributed by atoms with Crippen molar-refractivity contribution in [2.24, 2.45) is 0 Å². The standard InChI is InChI=1S/C22H27NO3/c1-14-10-11-20-17(12-14)18(13-22(4,5)26-20)23-21(24)16(3)25-19-9-7-6-8-15(19)2/h6-12,16,18H,13H2,1-5H3,(H,23,24)/t16-,18+/m0/s1. The maximum atomic E-state index is 12.8. The van der Waals surface area contributed by atoms with Crippen molar-refractivity contribution < 1.29 is 14.3 Å². The smallest absolute Gasteiger partial charge is 0.261 e. The number of hydrogen-bond acceptors (Lipinski definition) is 3. The second kappa shape index (κ2) is 7.02. The van der Waals surface area contributed by atoms with Gasteiger partial charge in [0.1, 0.15) is 17.1 Å². The molecule has 2 aromatic carbocycles. The maximum absolute atomic E-state index is 12.8. The summed E-state index contributed by atoms with van der Waals surface area (Å²) in [4.78, 5) is 12.8. The number of rotatable bonds is 4. The summed E-state index contributed by atoms with van der Waals surface area (Å²) < 4.78 is 11.9. The number of nitrogens with one attached hydrogen (secondary N) is 1. The Balaban J connectivity index is 1.76. The van der Waals surface area contributed by atoms with E-state index in [1.54, 1.807) is 6.92 Å². The Labute approximate surface area is 155 Å². The molecule has 0 aliphatic carbocycles. The van der Waals surface area contributed by atoms with Crippen LogP contribution >= 0.6 is 0 Å². The minimum Gasteiger partial charge on any atom is -0.487 e. The van der Waals surface area contributed by atoms with E-state index in [1.165, 1.54) is 0 Å². The van der Waals surface area contributed by atoms with Gasteiger partial charge in [0.2, 0.25) is 0 Å². The van der Waals surface area contributed by atoms with Crippen molar-refractivity contribution in [1.29, 1.82) is 0 Å². The SMILES string of the molecule is Cc1ccc2c(c1)[C@H](NC(=O)[C@H](C)Oc1ccccc1C)CC(C)(C)O2. The van der Waals surface area contributed by atoms with E-state index in [2.05, 4.69) is 11.4 Å². The number of carbonyl (C=O) groups excluding carboxylic acids is 1. The number of hydrogen-bond donors (Lipinski definition) is 1. The second-order valence-electron chi connectivity index (χ2n) is 7.69. The van der Waals surface area contributed by atoms with Gasteiger partial charge < -0.3 is 14.8 Å². The van der Waals surface area contributed by atoms with Crippen molar-refractivity contribution in [3.8, 4) is 11.5 Å². The first kappa shape index (κ1) is 18.3. The molecule has 0 aromatic heterocycles. The Morgan fingerprint density at radius 1 is 1.23 bits per heavy atom. The number of fused-ring (bicyclic) bond motifs is 1. The molecular formula is C22H27NO3. The average molecular weight is 353 g/mol. The summed E-state index contributed by atoms with van der Waals surface area (Å²) >= 11 is 0. The minimum absolute atomic E-state index is 0.0935. The first-order valence-electron chi connectivity index (χ1n) is 9.07. The number of aryl methyl sites for hydroxylation is 2. The molecule has 1 aliphatic heterocycles. The summed E-state index contributed by atoms with van der Waals surface area (Å²) in [6, 6.07) is 13.7. The molecule has 138 valence electrons. The van der Waals surface area contributed by atoms with Crippen LogP contribution in [0.25, 0.3) is 0 Å². The van der Waals surface area contributed by atoms with Crippen LogP contribution < -0.4 is 14.8 Å². The van der Waals surface area contributed by atoms with Crippen molar-refractivity contribution >= 4 is 5.91 Å². The fraction of sp³-hybridized carbons (Fsp3) is 0.409. The predicted octanol–water partition coefficient (Wildman–Crippen LogP) is 4.49. The number of para-hydroxylation sites is 1. The Hall–Kier alpha value is -2.49. The van der Waals surface area contributed by atoms with Gasteiger partial charge in [-0.1, -0.05) is 35.9 Å². The van der Waals surface area contributed by atoms with E-state index < -0.39 is 6.10 Å². The van der Waals surface area contributed by atoms with Crippen LogP contribution in [0.3, 0.4) is 0 Å². The van der Waals surface area contributed by atoms with E-state index >= 15 is 0 Å². The summed E-state index contributed by atoms with van der Waals surface area (Å²) in [6.45, 7) is 9.89. The van der Waals surface area contributed by atoms with Crippen LogP contribution in [-0.2, 0) is 4.79 Å². The summed E-state index contributed by atoms with van der Waals surface area (Å²) in [5.74, 6) is 1.45. The topological polar surface area (TPSA) is 47.6 Å². The van der Waals surface area contributed by atoms with Gasteiger partial charge in [-0.3, -0.25) is 4.79 Å². The normalized spacial score (nSPS) is 19.0. The lowest BCUT2D eigenvalue weighted by Gasteiger charge is -2.38. The van der Waals surface area contributed by atoms with E-state index in [-0.39, 0.29) is 17.6 Å². The number of ether oxygens (including phenoxy) is 2. The van der Waals surface area contributed by atoms with Gasteiger partial charge in [-0.25, -0.2) is 0 Å². The minimum atomic E-state index is -0.574. The fourth-order valence-corrected chi connectivity index (χ4v) is 3.32. The van der Waals surface area contributed by atoms with Gasteiger partial charge in [-0.05, 0) is 52.3 Å². The molecular weight excluding hydrogens is 326 g/mol. The molecule has 1 N–H and O–H groups in total. The van der Waals surface area contributed by atoms with Crippen molar-refractivity contribution in [3.63, 3.8) is 0 Å². The molecule has 3 rings (SSSR count). The molecule has 2 aromatic rings. The van der Waals surface area contributed by atoms with Crippen LogP contribution in [0.4, 0.5) is 0 Å². The fourth-order valence-electron chi connectivity index (χ4n) is 3.32. The lowest BCUT2D eigenvalue weighted by molar-refractivity contribution is -0.128. The summed E-state index contributed by atoms with van der Waals surface area (Å²) in [7, 11) is 0. The zero-order chi connectivity index (χ0) is 18.9. The molecule has 0 unspecified atom stereocenters. The summed E-state index contributed by atoms with van der Waals surface area (Å²) in [5, 5.41) is 3.15. The zero-order valence-corrected chi connectivity index (χ0v) is 16.1. The molecule has 26 heavy (non-hydrogen) atoms. The lowest BCUT2D eigenvalue weighted by Crippen LogP contribution is -2.44. The van der Waals surface area contributed by atoms with Crippen LogP contribution in [-0.4, -0.2) is 17.6 Å². The Morgan fingerprint density at radius 3 is 2.69 bits per heavy atom. The number of benzene rings is 2. The summed E-state index contributed by atoms with van der Waals surface area (Å²) in [6.07, 6.45) is 0.141. The van der Waals surface area contributed by atoms with Crippen molar-refractivity contribution in [3.05, 3.63) is 59.2 Å². The molecule has 4 heteroatoms. The molecule has 0 radical (unpaired) electrons.